The number of imidazole rings is 1. The molecule has 0 atom stereocenters. The number of carbonyl (C=O) groups excluding carboxylic acids is 1. The lowest BCUT2D eigenvalue weighted by molar-refractivity contribution is 0.102. The summed E-state index contributed by atoms with van der Waals surface area (Å²) in [5, 5.41) is 8.35. The van der Waals surface area contributed by atoms with E-state index in [0.29, 0.717) is 39.5 Å². The predicted molar refractivity (Wildman–Crippen MR) is 104 cm³/mol. The van der Waals surface area contributed by atoms with Gasteiger partial charge in [0.2, 0.25) is 0 Å². The van der Waals surface area contributed by atoms with Crippen molar-refractivity contribution in [3.05, 3.63) is 70.5 Å². The summed E-state index contributed by atoms with van der Waals surface area (Å²) in [5.74, 6) is 0.454. The third-order valence-electron chi connectivity index (χ3n) is 4.28. The van der Waals surface area contributed by atoms with Gasteiger partial charge in [-0.25, -0.2) is 14.6 Å². The molecule has 1 amide bonds. The highest BCUT2D eigenvalue weighted by molar-refractivity contribution is 6.39. The zero-order chi connectivity index (χ0) is 19.0. The molecule has 27 heavy (non-hydrogen) atoms. The Hall–Kier alpha value is -3.19. The number of nitrogens with one attached hydrogen (secondary N) is 2. The molecule has 2 N–H and O–H groups in total. The van der Waals surface area contributed by atoms with Crippen LogP contribution < -0.4 is 5.32 Å². The molecular formula is C19H17ClN6O. The number of benzene rings is 1. The van der Waals surface area contributed by atoms with Crippen molar-refractivity contribution in [1.29, 1.82) is 0 Å². The fourth-order valence-corrected chi connectivity index (χ4v) is 3.26. The Labute approximate surface area is 160 Å². The summed E-state index contributed by atoms with van der Waals surface area (Å²) in [6.07, 6.45) is 4.91. The van der Waals surface area contributed by atoms with Gasteiger partial charge in [-0.1, -0.05) is 29.3 Å². The molecule has 4 rings (SSSR count). The summed E-state index contributed by atoms with van der Waals surface area (Å²) < 4.78 is 1.72. The number of aryl methyl sites for hydroxylation is 2. The Morgan fingerprint density at radius 1 is 1.22 bits per heavy atom. The van der Waals surface area contributed by atoms with Crippen LogP contribution >= 0.6 is 11.6 Å². The molecule has 8 heteroatoms. The molecule has 0 spiro atoms. The second kappa shape index (κ2) is 6.85. The van der Waals surface area contributed by atoms with Gasteiger partial charge in [-0.15, -0.1) is 0 Å². The third-order valence-corrected chi connectivity index (χ3v) is 4.67. The first kappa shape index (κ1) is 17.2. The van der Waals surface area contributed by atoms with Gasteiger partial charge < -0.3 is 10.3 Å². The SMILES string of the molecule is Cc1ccc(NC(=O)c2cnc3c(c(C)nn3Cc3ncc[nH]3)c2Cl)cc1. The number of nitrogens with zero attached hydrogens (tertiary/aromatic N) is 4. The van der Waals surface area contributed by atoms with Crippen molar-refractivity contribution < 1.29 is 4.79 Å². The number of fused-ring (bicyclic) bond motifs is 1. The molecule has 136 valence electrons. The number of aromatic amines is 1. The van der Waals surface area contributed by atoms with E-state index in [-0.39, 0.29) is 5.91 Å². The molecular weight excluding hydrogens is 364 g/mol. The van der Waals surface area contributed by atoms with E-state index in [1.807, 2.05) is 38.1 Å². The highest BCUT2D eigenvalue weighted by atomic mass is 35.5. The number of anilines is 1. The fraction of sp³-hybridized carbons (Fsp3) is 0.158. The molecule has 0 fully saturated rings. The molecule has 4 aromatic rings. The van der Waals surface area contributed by atoms with Crippen LogP contribution in [0.3, 0.4) is 0 Å². The molecule has 0 unspecified atom stereocenters. The summed E-state index contributed by atoms with van der Waals surface area (Å²) in [4.78, 5) is 24.3. The monoisotopic (exact) mass is 380 g/mol. The minimum absolute atomic E-state index is 0.309. The Balaban J connectivity index is 1.68. The summed E-state index contributed by atoms with van der Waals surface area (Å²) in [6, 6.07) is 7.56. The summed E-state index contributed by atoms with van der Waals surface area (Å²) >= 11 is 6.55. The van der Waals surface area contributed by atoms with E-state index in [1.165, 1.54) is 6.20 Å². The summed E-state index contributed by atoms with van der Waals surface area (Å²) in [5.41, 5.74) is 3.45. The maximum atomic E-state index is 12.7. The molecule has 0 aliphatic rings. The molecule has 3 heterocycles. The standard InChI is InChI=1S/C19H17ClN6O/c1-11-3-5-13(6-4-11)24-19(27)14-9-23-18-16(17(14)20)12(2)25-26(18)10-15-21-7-8-22-15/h3-9H,10H2,1-2H3,(H,21,22)(H,24,27). The van der Waals surface area contributed by atoms with Crippen LogP contribution in [0.2, 0.25) is 5.02 Å². The first-order valence-corrected chi connectivity index (χ1v) is 8.78. The van der Waals surface area contributed by atoms with Gasteiger partial charge in [0.1, 0.15) is 12.4 Å². The van der Waals surface area contributed by atoms with E-state index in [1.54, 1.807) is 17.1 Å². The zero-order valence-electron chi connectivity index (χ0n) is 14.8. The van der Waals surface area contributed by atoms with E-state index in [2.05, 4.69) is 25.4 Å². The molecule has 0 saturated carbocycles. The quantitative estimate of drug-likeness (QED) is 0.564. The molecule has 3 aromatic heterocycles. The number of pyridine rings is 1. The Morgan fingerprint density at radius 3 is 2.70 bits per heavy atom. The summed E-state index contributed by atoms with van der Waals surface area (Å²) in [6.45, 7) is 4.27. The van der Waals surface area contributed by atoms with Crippen molar-refractivity contribution in [3.63, 3.8) is 0 Å². The molecule has 0 radical (unpaired) electrons. The minimum atomic E-state index is -0.309. The van der Waals surface area contributed by atoms with Crippen molar-refractivity contribution in [2.75, 3.05) is 5.32 Å². The number of H-pyrrole nitrogens is 1. The number of halogens is 1. The fourth-order valence-electron chi connectivity index (χ4n) is 2.90. The Morgan fingerprint density at radius 2 is 2.00 bits per heavy atom. The third kappa shape index (κ3) is 3.29. The second-order valence-electron chi connectivity index (χ2n) is 6.28. The number of aromatic nitrogens is 5. The second-order valence-corrected chi connectivity index (χ2v) is 6.66. The lowest BCUT2D eigenvalue weighted by Crippen LogP contribution is -2.13. The average Bonchev–Trinajstić information content (AvgIpc) is 3.26. The largest absolute Gasteiger partial charge is 0.347 e. The van der Waals surface area contributed by atoms with Crippen molar-refractivity contribution in [2.24, 2.45) is 0 Å². The molecule has 7 nitrogen and oxygen atoms in total. The Bertz CT molecular complexity index is 1120. The van der Waals surface area contributed by atoms with E-state index in [9.17, 15) is 4.79 Å². The molecule has 0 bridgehead atoms. The van der Waals surface area contributed by atoms with Gasteiger partial charge in [0.25, 0.3) is 5.91 Å². The van der Waals surface area contributed by atoms with Crippen LogP contribution in [-0.4, -0.2) is 30.6 Å². The van der Waals surface area contributed by atoms with Crippen molar-refractivity contribution in [3.8, 4) is 0 Å². The van der Waals surface area contributed by atoms with Gasteiger partial charge in [0.15, 0.2) is 5.65 Å². The van der Waals surface area contributed by atoms with Crippen LogP contribution in [0, 0.1) is 13.8 Å². The number of amides is 1. The molecule has 1 aromatic carbocycles. The van der Waals surface area contributed by atoms with Crippen LogP contribution in [0.4, 0.5) is 5.69 Å². The van der Waals surface area contributed by atoms with Gasteiger partial charge in [0.05, 0.1) is 21.7 Å². The normalized spacial score (nSPS) is 11.1. The lowest BCUT2D eigenvalue weighted by Gasteiger charge is -2.08. The minimum Gasteiger partial charge on any atom is -0.347 e. The first-order chi connectivity index (χ1) is 13.0. The molecule has 0 saturated heterocycles. The topological polar surface area (TPSA) is 88.5 Å². The number of hydrogen-bond donors (Lipinski definition) is 2. The highest BCUT2D eigenvalue weighted by Crippen LogP contribution is 2.29. The van der Waals surface area contributed by atoms with E-state index in [0.717, 1.165) is 11.4 Å². The maximum absolute atomic E-state index is 12.7. The molecule has 0 aliphatic carbocycles. The van der Waals surface area contributed by atoms with Gasteiger partial charge in [-0.3, -0.25) is 4.79 Å². The van der Waals surface area contributed by atoms with Gasteiger partial charge in [-0.2, -0.15) is 5.10 Å². The van der Waals surface area contributed by atoms with E-state index < -0.39 is 0 Å². The number of carbonyl (C=O) groups is 1. The van der Waals surface area contributed by atoms with Crippen molar-refractivity contribution >= 4 is 34.2 Å². The predicted octanol–water partition coefficient (Wildman–Crippen LogP) is 3.73. The average molecular weight is 381 g/mol. The zero-order valence-corrected chi connectivity index (χ0v) is 15.6. The highest BCUT2D eigenvalue weighted by Gasteiger charge is 2.20. The molecule has 0 aliphatic heterocycles. The Kier molecular flexibility index (Phi) is 4.37. The van der Waals surface area contributed by atoms with Crippen LogP contribution in [0.25, 0.3) is 11.0 Å². The van der Waals surface area contributed by atoms with Crippen molar-refractivity contribution in [2.45, 2.75) is 20.4 Å². The number of hydrogen-bond acceptors (Lipinski definition) is 4. The number of rotatable bonds is 4. The van der Waals surface area contributed by atoms with Gasteiger partial charge in [-0.05, 0) is 26.0 Å². The maximum Gasteiger partial charge on any atom is 0.258 e. The van der Waals surface area contributed by atoms with Gasteiger partial charge >= 0.3 is 0 Å². The van der Waals surface area contributed by atoms with E-state index >= 15 is 0 Å². The van der Waals surface area contributed by atoms with E-state index in [4.69, 9.17) is 11.6 Å². The summed E-state index contributed by atoms with van der Waals surface area (Å²) in [7, 11) is 0. The lowest BCUT2D eigenvalue weighted by atomic mass is 10.2. The van der Waals surface area contributed by atoms with Crippen LogP contribution in [-0.2, 0) is 6.54 Å². The van der Waals surface area contributed by atoms with Crippen LogP contribution in [0.1, 0.15) is 27.4 Å². The van der Waals surface area contributed by atoms with Crippen LogP contribution in [0.5, 0.6) is 0 Å². The first-order valence-electron chi connectivity index (χ1n) is 8.41. The van der Waals surface area contributed by atoms with Crippen LogP contribution in [0.15, 0.2) is 42.9 Å². The van der Waals surface area contributed by atoms with Gasteiger partial charge in [0, 0.05) is 24.3 Å². The smallest absolute Gasteiger partial charge is 0.258 e. The van der Waals surface area contributed by atoms with Crippen molar-refractivity contribution in [1.82, 2.24) is 24.7 Å².